The maximum atomic E-state index is 12.9. The highest BCUT2D eigenvalue weighted by Gasteiger charge is 2.29. The molecular weight excluding hydrogens is 378 g/mol. The summed E-state index contributed by atoms with van der Waals surface area (Å²) < 4.78 is 33.6. The zero-order valence-electron chi connectivity index (χ0n) is 15.1. The average Bonchev–Trinajstić information content (AvgIpc) is 3.04. The van der Waals surface area contributed by atoms with Gasteiger partial charge in [-0.15, -0.1) is 0 Å². The van der Waals surface area contributed by atoms with Crippen LogP contribution in [0.25, 0.3) is 10.8 Å². The van der Waals surface area contributed by atoms with Gasteiger partial charge in [0, 0.05) is 6.42 Å². The van der Waals surface area contributed by atoms with Gasteiger partial charge in [-0.3, -0.25) is 4.79 Å². The van der Waals surface area contributed by atoms with Crippen molar-refractivity contribution in [2.45, 2.75) is 30.4 Å². The molecule has 0 aromatic heterocycles. The number of carboxylic acids is 1. The van der Waals surface area contributed by atoms with Crippen molar-refractivity contribution in [3.05, 3.63) is 71.8 Å². The first-order chi connectivity index (χ1) is 13.3. The molecule has 7 heteroatoms. The molecule has 0 spiro atoms. The largest absolute Gasteiger partial charge is 0.490 e. The Hall–Kier alpha value is -2.90. The van der Waals surface area contributed by atoms with Crippen LogP contribution in [-0.2, 0) is 21.2 Å². The molecule has 1 heterocycles. The fraction of sp³-hybridized carbons (Fsp3) is 0.190. The molecule has 4 rings (SSSR count). The molecule has 0 fully saturated rings. The fourth-order valence-corrected chi connectivity index (χ4v) is 4.67. The lowest BCUT2D eigenvalue weighted by Gasteiger charge is -2.16. The van der Waals surface area contributed by atoms with Crippen LogP contribution >= 0.6 is 0 Å². The summed E-state index contributed by atoms with van der Waals surface area (Å²) in [5.74, 6) is -0.604. The summed E-state index contributed by atoms with van der Waals surface area (Å²) in [7, 11) is -4.03. The van der Waals surface area contributed by atoms with E-state index in [2.05, 4.69) is 4.72 Å². The molecule has 28 heavy (non-hydrogen) atoms. The standard InChI is InChI=1S/C21H19NO5S/c1-13-10-17-12-18(8-9-19(17)27-13)28(25,26)22-20(21(23)24)16-7-6-14-4-2-3-5-15(14)11-16/h2-9,11-13,20,22H,10H2,1H3,(H,23,24). The molecular formula is C21H19NO5S. The second kappa shape index (κ2) is 6.92. The van der Waals surface area contributed by atoms with E-state index < -0.39 is 22.0 Å². The summed E-state index contributed by atoms with van der Waals surface area (Å²) in [6.45, 7) is 1.91. The number of aliphatic carboxylic acids is 1. The van der Waals surface area contributed by atoms with Crippen molar-refractivity contribution in [2.24, 2.45) is 0 Å². The summed E-state index contributed by atoms with van der Waals surface area (Å²) in [6, 6.07) is 15.8. The van der Waals surface area contributed by atoms with Crippen LogP contribution in [0.3, 0.4) is 0 Å². The second-order valence-corrected chi connectivity index (χ2v) is 8.62. The molecule has 3 aromatic rings. The van der Waals surface area contributed by atoms with Crippen LogP contribution in [0.4, 0.5) is 0 Å². The molecule has 6 nitrogen and oxygen atoms in total. The molecule has 3 aromatic carbocycles. The summed E-state index contributed by atoms with van der Waals surface area (Å²) in [6.07, 6.45) is 0.608. The Morgan fingerprint density at radius 3 is 2.61 bits per heavy atom. The lowest BCUT2D eigenvalue weighted by Crippen LogP contribution is -2.33. The number of sulfonamides is 1. The highest BCUT2D eigenvalue weighted by molar-refractivity contribution is 7.89. The van der Waals surface area contributed by atoms with Gasteiger partial charge >= 0.3 is 5.97 Å². The Labute approximate surface area is 162 Å². The van der Waals surface area contributed by atoms with E-state index in [1.165, 1.54) is 6.07 Å². The summed E-state index contributed by atoms with van der Waals surface area (Å²) >= 11 is 0. The number of hydrogen-bond donors (Lipinski definition) is 2. The Morgan fingerprint density at radius 2 is 1.86 bits per heavy atom. The van der Waals surface area contributed by atoms with Crippen molar-refractivity contribution in [1.29, 1.82) is 0 Å². The Kier molecular flexibility index (Phi) is 4.56. The van der Waals surface area contributed by atoms with Crippen LogP contribution in [0.15, 0.2) is 65.6 Å². The van der Waals surface area contributed by atoms with Gasteiger partial charge in [-0.2, -0.15) is 4.72 Å². The first kappa shape index (κ1) is 18.5. The van der Waals surface area contributed by atoms with E-state index in [1.54, 1.807) is 30.3 Å². The third-order valence-corrected chi connectivity index (χ3v) is 6.23. The quantitative estimate of drug-likeness (QED) is 0.689. The van der Waals surface area contributed by atoms with Crippen molar-refractivity contribution in [3.8, 4) is 5.75 Å². The SMILES string of the molecule is CC1Cc2cc(S(=O)(=O)NC(C(=O)O)c3ccc4ccccc4c3)ccc2O1. The van der Waals surface area contributed by atoms with E-state index in [9.17, 15) is 18.3 Å². The number of nitrogens with one attached hydrogen (secondary N) is 1. The van der Waals surface area contributed by atoms with Crippen LogP contribution in [-0.4, -0.2) is 25.6 Å². The van der Waals surface area contributed by atoms with Gasteiger partial charge in [-0.05, 0) is 53.1 Å². The number of carboxylic acid groups (broad SMARTS) is 1. The molecule has 2 N–H and O–H groups in total. The number of hydrogen-bond acceptors (Lipinski definition) is 4. The average molecular weight is 397 g/mol. The molecule has 1 aliphatic rings. The predicted molar refractivity (Wildman–Crippen MR) is 105 cm³/mol. The minimum absolute atomic E-state index is 0.00900. The molecule has 144 valence electrons. The maximum Gasteiger partial charge on any atom is 0.326 e. The topological polar surface area (TPSA) is 92.7 Å². The lowest BCUT2D eigenvalue weighted by atomic mass is 10.0. The second-order valence-electron chi connectivity index (χ2n) is 6.90. The molecule has 0 bridgehead atoms. The van der Waals surface area contributed by atoms with Gasteiger partial charge in [0.1, 0.15) is 17.9 Å². The zero-order chi connectivity index (χ0) is 19.9. The maximum absolute atomic E-state index is 12.9. The van der Waals surface area contributed by atoms with E-state index in [-0.39, 0.29) is 11.0 Å². The number of benzene rings is 3. The molecule has 0 amide bonds. The summed E-state index contributed by atoms with van der Waals surface area (Å²) in [4.78, 5) is 11.9. The summed E-state index contributed by atoms with van der Waals surface area (Å²) in [5.41, 5.74) is 1.17. The monoisotopic (exact) mass is 397 g/mol. The zero-order valence-corrected chi connectivity index (χ0v) is 15.9. The van der Waals surface area contributed by atoms with Gasteiger partial charge in [0.25, 0.3) is 0 Å². The van der Waals surface area contributed by atoms with E-state index in [0.717, 1.165) is 16.3 Å². The van der Waals surface area contributed by atoms with Crippen LogP contribution in [0, 0.1) is 0 Å². The molecule has 0 saturated carbocycles. The highest BCUT2D eigenvalue weighted by atomic mass is 32.2. The first-order valence-corrected chi connectivity index (χ1v) is 10.4. The molecule has 2 unspecified atom stereocenters. The van der Waals surface area contributed by atoms with Gasteiger partial charge < -0.3 is 9.84 Å². The van der Waals surface area contributed by atoms with Crippen LogP contribution in [0.1, 0.15) is 24.1 Å². The van der Waals surface area contributed by atoms with Crippen LogP contribution < -0.4 is 9.46 Å². The Balaban J connectivity index is 1.67. The minimum atomic E-state index is -4.03. The van der Waals surface area contributed by atoms with Gasteiger partial charge in [-0.1, -0.05) is 36.4 Å². The number of ether oxygens (including phenoxy) is 1. The van der Waals surface area contributed by atoms with E-state index >= 15 is 0 Å². The predicted octanol–water partition coefficient (Wildman–Crippen LogP) is 3.27. The van der Waals surface area contributed by atoms with Gasteiger partial charge in [0.2, 0.25) is 10.0 Å². The molecule has 0 saturated heterocycles. The normalized spacial score (nSPS) is 17.1. The minimum Gasteiger partial charge on any atom is -0.490 e. The van der Waals surface area contributed by atoms with E-state index in [4.69, 9.17) is 4.74 Å². The third-order valence-electron chi connectivity index (χ3n) is 4.80. The van der Waals surface area contributed by atoms with Crippen molar-refractivity contribution in [3.63, 3.8) is 0 Å². The van der Waals surface area contributed by atoms with Crippen molar-refractivity contribution < 1.29 is 23.1 Å². The molecule has 0 aliphatic carbocycles. The Morgan fingerprint density at radius 1 is 1.11 bits per heavy atom. The lowest BCUT2D eigenvalue weighted by molar-refractivity contribution is -0.139. The first-order valence-electron chi connectivity index (χ1n) is 8.87. The fourth-order valence-electron chi connectivity index (χ4n) is 3.44. The number of carbonyl (C=O) groups is 1. The number of fused-ring (bicyclic) bond motifs is 2. The molecule has 1 aliphatic heterocycles. The van der Waals surface area contributed by atoms with E-state index in [1.807, 2.05) is 31.2 Å². The third kappa shape index (κ3) is 3.46. The van der Waals surface area contributed by atoms with Gasteiger partial charge in [0.15, 0.2) is 0 Å². The van der Waals surface area contributed by atoms with E-state index in [0.29, 0.717) is 17.7 Å². The van der Waals surface area contributed by atoms with Crippen molar-refractivity contribution >= 4 is 26.8 Å². The smallest absolute Gasteiger partial charge is 0.326 e. The highest BCUT2D eigenvalue weighted by Crippen LogP contribution is 2.31. The summed E-state index contributed by atoms with van der Waals surface area (Å²) in [5, 5.41) is 11.4. The van der Waals surface area contributed by atoms with Crippen molar-refractivity contribution in [2.75, 3.05) is 0 Å². The van der Waals surface area contributed by atoms with Crippen LogP contribution in [0.2, 0.25) is 0 Å². The van der Waals surface area contributed by atoms with Crippen molar-refractivity contribution in [1.82, 2.24) is 4.72 Å². The van der Waals surface area contributed by atoms with Crippen LogP contribution in [0.5, 0.6) is 5.75 Å². The molecule has 0 radical (unpaired) electrons. The number of rotatable bonds is 5. The molecule has 2 atom stereocenters. The van der Waals surface area contributed by atoms with Gasteiger partial charge in [0.05, 0.1) is 4.90 Å². The Bertz CT molecular complexity index is 1170. The van der Waals surface area contributed by atoms with Gasteiger partial charge in [-0.25, -0.2) is 8.42 Å².